The SMILES string of the molecule is CCC(C)(Cc1cccc(C(=O)c2ccccc2)c1C(=O)c1ccccc1)C(C)=O.O=C(c1ccccc1)C(O)c1ccccc1. The normalized spacial score (nSPS) is 12.5. The van der Waals surface area contributed by atoms with E-state index >= 15 is 0 Å². The van der Waals surface area contributed by atoms with E-state index in [0.29, 0.717) is 46.2 Å². The molecule has 0 heterocycles. The molecule has 0 amide bonds. The fraction of sp³-hybridized carbons (Fsp3) is 0.171. The molecule has 0 aliphatic carbocycles. The fourth-order valence-corrected chi connectivity index (χ4v) is 5.15. The van der Waals surface area contributed by atoms with Gasteiger partial charge in [-0.15, -0.1) is 0 Å². The molecule has 5 aromatic rings. The molecule has 0 spiro atoms. The molecule has 0 aliphatic heterocycles. The summed E-state index contributed by atoms with van der Waals surface area (Å²) in [4.78, 5) is 51.1. The van der Waals surface area contributed by atoms with Crippen LogP contribution in [0.1, 0.15) is 86.6 Å². The first-order valence-corrected chi connectivity index (χ1v) is 15.3. The Bertz CT molecular complexity index is 1780. The van der Waals surface area contributed by atoms with Gasteiger partial charge in [-0.05, 0) is 30.9 Å². The summed E-state index contributed by atoms with van der Waals surface area (Å²) in [6, 6.07) is 41.0. The minimum atomic E-state index is -1.08. The Morgan fingerprint density at radius 3 is 1.54 bits per heavy atom. The zero-order valence-electron chi connectivity index (χ0n) is 26.4. The van der Waals surface area contributed by atoms with Gasteiger partial charge in [0.2, 0.25) is 0 Å². The van der Waals surface area contributed by atoms with Crippen LogP contribution in [-0.2, 0) is 11.2 Å². The van der Waals surface area contributed by atoms with Gasteiger partial charge in [0.25, 0.3) is 0 Å². The molecule has 5 heteroatoms. The molecule has 5 aromatic carbocycles. The predicted molar refractivity (Wildman–Crippen MR) is 181 cm³/mol. The standard InChI is InChI=1S/C27H26O3.C14H12O2/c1-4-27(3,19(2)28)18-22-16-11-17-23(25(29)20-12-7-5-8-13-20)24(22)26(30)21-14-9-6-10-15-21;15-13(11-7-3-1-4-8-11)14(16)12-9-5-2-6-10-12/h5-17H,4,18H2,1-3H3;1-10,13,15H. The van der Waals surface area contributed by atoms with E-state index in [1.165, 1.54) is 0 Å². The zero-order chi connectivity index (χ0) is 33.1. The van der Waals surface area contributed by atoms with Crippen LogP contribution in [0.5, 0.6) is 0 Å². The summed E-state index contributed by atoms with van der Waals surface area (Å²) in [5.41, 5.74) is 3.09. The number of hydrogen-bond acceptors (Lipinski definition) is 5. The van der Waals surface area contributed by atoms with Crippen molar-refractivity contribution < 1.29 is 24.3 Å². The van der Waals surface area contributed by atoms with Crippen LogP contribution < -0.4 is 0 Å². The third-order valence-electron chi connectivity index (χ3n) is 8.33. The van der Waals surface area contributed by atoms with Gasteiger partial charge >= 0.3 is 0 Å². The molecule has 5 nitrogen and oxygen atoms in total. The molecule has 0 saturated heterocycles. The van der Waals surface area contributed by atoms with Crippen LogP contribution in [0.3, 0.4) is 0 Å². The van der Waals surface area contributed by atoms with E-state index in [0.717, 1.165) is 5.56 Å². The highest BCUT2D eigenvalue weighted by atomic mass is 16.3. The van der Waals surface area contributed by atoms with Crippen molar-refractivity contribution in [3.63, 3.8) is 0 Å². The van der Waals surface area contributed by atoms with Gasteiger partial charge in [0, 0.05) is 33.2 Å². The van der Waals surface area contributed by atoms with E-state index in [1.54, 1.807) is 116 Å². The molecule has 0 fully saturated rings. The number of aliphatic hydroxyl groups excluding tert-OH is 1. The van der Waals surface area contributed by atoms with Crippen LogP contribution >= 0.6 is 0 Å². The Kier molecular flexibility index (Phi) is 11.4. The predicted octanol–water partition coefficient (Wildman–Crippen LogP) is 8.30. The fourth-order valence-electron chi connectivity index (χ4n) is 5.15. The van der Waals surface area contributed by atoms with E-state index in [2.05, 4.69) is 0 Å². The second-order valence-electron chi connectivity index (χ2n) is 11.4. The molecule has 5 rings (SSSR count). The zero-order valence-corrected chi connectivity index (χ0v) is 26.4. The van der Waals surface area contributed by atoms with Gasteiger partial charge in [-0.3, -0.25) is 19.2 Å². The van der Waals surface area contributed by atoms with Crippen LogP contribution in [0.25, 0.3) is 0 Å². The van der Waals surface area contributed by atoms with Crippen molar-refractivity contribution >= 4 is 23.1 Å². The first kappa shape index (κ1) is 33.6. The van der Waals surface area contributed by atoms with E-state index < -0.39 is 11.5 Å². The Labute approximate surface area is 270 Å². The Balaban J connectivity index is 0.000000252. The maximum Gasteiger partial charge on any atom is 0.195 e. The number of hydrogen-bond donors (Lipinski definition) is 1. The quantitative estimate of drug-likeness (QED) is 0.152. The highest BCUT2D eigenvalue weighted by Gasteiger charge is 2.31. The maximum atomic E-state index is 13.5. The lowest BCUT2D eigenvalue weighted by atomic mass is 9.75. The molecule has 0 aliphatic rings. The minimum absolute atomic E-state index is 0.0721. The molecule has 46 heavy (non-hydrogen) atoms. The molecule has 0 radical (unpaired) electrons. The van der Waals surface area contributed by atoms with Gasteiger partial charge in [-0.1, -0.05) is 153 Å². The number of carbonyl (C=O) groups excluding carboxylic acids is 4. The van der Waals surface area contributed by atoms with Crippen molar-refractivity contribution in [2.75, 3.05) is 0 Å². The first-order valence-electron chi connectivity index (χ1n) is 15.3. The summed E-state index contributed by atoms with van der Waals surface area (Å²) in [6.07, 6.45) is -0.0236. The molecule has 2 unspecified atom stereocenters. The van der Waals surface area contributed by atoms with Gasteiger partial charge in [0.1, 0.15) is 11.9 Å². The largest absolute Gasteiger partial charge is 0.380 e. The van der Waals surface area contributed by atoms with Crippen molar-refractivity contribution in [3.05, 3.63) is 178 Å². The lowest BCUT2D eigenvalue weighted by Crippen LogP contribution is -2.28. The molecular formula is C41H38O5. The van der Waals surface area contributed by atoms with Crippen LogP contribution in [0.15, 0.2) is 140 Å². The summed E-state index contributed by atoms with van der Waals surface area (Å²) in [6.45, 7) is 5.47. The first-order chi connectivity index (χ1) is 22.2. The number of ketones is 4. The summed E-state index contributed by atoms with van der Waals surface area (Å²) >= 11 is 0. The van der Waals surface area contributed by atoms with Crippen molar-refractivity contribution in [3.8, 4) is 0 Å². The summed E-state index contributed by atoms with van der Waals surface area (Å²) < 4.78 is 0. The summed E-state index contributed by atoms with van der Waals surface area (Å²) in [5.74, 6) is -0.597. The highest BCUT2D eigenvalue weighted by Crippen LogP contribution is 2.32. The molecular weight excluding hydrogens is 572 g/mol. The van der Waals surface area contributed by atoms with Gasteiger partial charge in [0.05, 0.1) is 0 Å². The lowest BCUT2D eigenvalue weighted by Gasteiger charge is -2.26. The van der Waals surface area contributed by atoms with Crippen molar-refractivity contribution in [2.24, 2.45) is 5.41 Å². The van der Waals surface area contributed by atoms with E-state index in [-0.39, 0.29) is 23.1 Å². The monoisotopic (exact) mass is 610 g/mol. The molecule has 0 saturated carbocycles. The summed E-state index contributed by atoms with van der Waals surface area (Å²) in [7, 11) is 0. The Morgan fingerprint density at radius 1 is 0.609 bits per heavy atom. The third-order valence-corrected chi connectivity index (χ3v) is 8.33. The average molecular weight is 611 g/mol. The number of aliphatic hydroxyl groups is 1. The minimum Gasteiger partial charge on any atom is -0.380 e. The smallest absolute Gasteiger partial charge is 0.195 e. The molecule has 1 N–H and O–H groups in total. The molecule has 232 valence electrons. The van der Waals surface area contributed by atoms with Gasteiger partial charge in [-0.25, -0.2) is 0 Å². The second-order valence-corrected chi connectivity index (χ2v) is 11.4. The van der Waals surface area contributed by atoms with E-state index in [4.69, 9.17) is 0 Å². The molecule has 0 bridgehead atoms. The molecule has 0 aromatic heterocycles. The van der Waals surface area contributed by atoms with Crippen LogP contribution in [-0.4, -0.2) is 28.2 Å². The van der Waals surface area contributed by atoms with Gasteiger partial charge in [0.15, 0.2) is 17.3 Å². The topological polar surface area (TPSA) is 88.5 Å². The molecule has 2 atom stereocenters. The number of Topliss-reactive ketones (excluding diaryl/α,β-unsaturated/α-hetero) is 2. The van der Waals surface area contributed by atoms with Gasteiger partial charge < -0.3 is 5.11 Å². The second kappa shape index (κ2) is 15.6. The van der Waals surface area contributed by atoms with Crippen LogP contribution in [0.4, 0.5) is 0 Å². The van der Waals surface area contributed by atoms with Crippen LogP contribution in [0.2, 0.25) is 0 Å². The van der Waals surface area contributed by atoms with E-state index in [1.807, 2.05) is 44.2 Å². The van der Waals surface area contributed by atoms with Gasteiger partial charge in [-0.2, -0.15) is 0 Å². The van der Waals surface area contributed by atoms with Crippen molar-refractivity contribution in [1.29, 1.82) is 0 Å². The van der Waals surface area contributed by atoms with Crippen molar-refractivity contribution in [1.82, 2.24) is 0 Å². The highest BCUT2D eigenvalue weighted by molar-refractivity contribution is 6.20. The maximum absolute atomic E-state index is 13.5. The Morgan fingerprint density at radius 2 is 1.07 bits per heavy atom. The van der Waals surface area contributed by atoms with E-state index in [9.17, 15) is 24.3 Å². The van der Waals surface area contributed by atoms with Crippen molar-refractivity contribution in [2.45, 2.75) is 39.7 Å². The number of benzene rings is 5. The van der Waals surface area contributed by atoms with Crippen LogP contribution in [0, 0.1) is 5.41 Å². The summed E-state index contributed by atoms with van der Waals surface area (Å²) in [5, 5.41) is 9.89. The number of rotatable bonds is 11. The number of carbonyl (C=O) groups is 4. The third kappa shape index (κ3) is 8.06. The Hall–Kier alpha value is -5.26. The lowest BCUT2D eigenvalue weighted by molar-refractivity contribution is -0.125. The average Bonchev–Trinajstić information content (AvgIpc) is 3.12.